The van der Waals surface area contributed by atoms with Gasteiger partial charge in [-0.1, -0.05) is 62.2 Å². The maximum absolute atomic E-state index is 3.21. The lowest BCUT2D eigenvalue weighted by Crippen LogP contribution is -2.23. The number of rotatable bonds is 6. The predicted molar refractivity (Wildman–Crippen MR) is 95.2 cm³/mol. The molecule has 0 atom stereocenters. The number of nitrogens with zero attached hydrogens (tertiary/aromatic N) is 1. The molecule has 0 fully saturated rings. The molecule has 0 N–H and O–H groups in total. The summed E-state index contributed by atoms with van der Waals surface area (Å²) in [6.07, 6.45) is 4.01. The topological polar surface area (TPSA) is 3.24 Å². The first-order chi connectivity index (χ1) is 8.86. The van der Waals surface area contributed by atoms with Crippen LogP contribution in [0.25, 0.3) is 0 Å². The van der Waals surface area contributed by atoms with E-state index in [1.165, 1.54) is 5.56 Å². The molecule has 1 aromatic carbocycles. The van der Waals surface area contributed by atoms with Crippen LogP contribution in [0, 0.1) is 0 Å². The van der Waals surface area contributed by atoms with Crippen molar-refractivity contribution in [3.63, 3.8) is 0 Å². The van der Waals surface area contributed by atoms with E-state index in [2.05, 4.69) is 72.5 Å². The fourth-order valence-electron chi connectivity index (χ4n) is 1.50. The second kappa shape index (κ2) is 12.7. The van der Waals surface area contributed by atoms with Gasteiger partial charge in [0.2, 0.25) is 0 Å². The largest absolute Gasteiger partial charge is 0.291 e. The van der Waals surface area contributed by atoms with E-state index in [1.807, 2.05) is 18.2 Å². The third kappa shape index (κ3) is 9.23. The molecular weight excluding hydrogens is 434 g/mol. The van der Waals surface area contributed by atoms with Crippen LogP contribution < -0.4 is 0 Å². The molecule has 0 radical (unpaired) electrons. The minimum atomic E-state index is 0. The summed E-state index contributed by atoms with van der Waals surface area (Å²) in [6.45, 7) is 2.64. The Bertz CT molecular complexity index is 432. The molecule has 1 nitrogen and oxygen atoms in total. The Labute approximate surface area is 142 Å². The number of benzene rings is 1. The lowest BCUT2D eigenvalue weighted by Gasteiger charge is -2.18. The van der Waals surface area contributed by atoms with Gasteiger partial charge in [0.15, 0.2) is 0 Å². The summed E-state index contributed by atoms with van der Waals surface area (Å²) >= 11 is 6.43. The fourth-order valence-corrected chi connectivity index (χ4v) is 1.87. The molecular formula is C15H16Br3N. The smallest absolute Gasteiger partial charge is 0.0245 e. The number of halogens is 3. The van der Waals surface area contributed by atoms with Crippen LogP contribution in [-0.4, -0.2) is 18.0 Å². The molecule has 19 heavy (non-hydrogen) atoms. The Balaban J connectivity index is 0.00000324. The molecule has 0 aliphatic heterocycles. The van der Waals surface area contributed by atoms with Gasteiger partial charge in [0.05, 0.1) is 0 Å². The van der Waals surface area contributed by atoms with Gasteiger partial charge in [-0.25, -0.2) is 0 Å². The maximum atomic E-state index is 3.21. The molecule has 0 heterocycles. The lowest BCUT2D eigenvalue weighted by molar-refractivity contribution is 0.327. The van der Waals surface area contributed by atoms with Crippen molar-refractivity contribution in [2.75, 3.05) is 13.1 Å². The molecule has 0 saturated carbocycles. The van der Waals surface area contributed by atoms with Gasteiger partial charge in [0.25, 0.3) is 0 Å². The fraction of sp³-hybridized carbons (Fsp3) is 0.200. The highest BCUT2D eigenvalue weighted by Crippen LogP contribution is 2.04. The summed E-state index contributed by atoms with van der Waals surface area (Å²) in [7, 11) is 0. The normalized spacial score (nSPS) is 8.79. The molecule has 0 bridgehead atoms. The first-order valence-electron chi connectivity index (χ1n) is 5.62. The van der Waals surface area contributed by atoms with Gasteiger partial charge >= 0.3 is 0 Å². The first-order valence-corrected chi connectivity index (χ1v) is 7.45. The second-order valence-corrected chi connectivity index (χ2v) is 4.56. The minimum absolute atomic E-state index is 0. The average Bonchev–Trinajstić information content (AvgIpc) is 2.40. The summed E-state index contributed by atoms with van der Waals surface area (Å²) < 4.78 is 0. The van der Waals surface area contributed by atoms with Gasteiger partial charge in [-0.15, -0.1) is 28.4 Å². The molecule has 102 valence electrons. The molecule has 0 aliphatic carbocycles. The average molecular weight is 450 g/mol. The highest BCUT2D eigenvalue weighted by Gasteiger charge is 2.01. The Morgan fingerprint density at radius 1 is 0.947 bits per heavy atom. The summed E-state index contributed by atoms with van der Waals surface area (Å²) in [5.74, 6) is 0. The molecule has 0 amide bonds. The summed E-state index contributed by atoms with van der Waals surface area (Å²) in [6, 6.07) is 10.4. The van der Waals surface area contributed by atoms with Crippen LogP contribution in [0.15, 0.2) is 63.9 Å². The van der Waals surface area contributed by atoms with Crippen LogP contribution >= 0.6 is 48.8 Å². The summed E-state index contributed by atoms with van der Waals surface area (Å²) in [4.78, 5) is 5.78. The Morgan fingerprint density at radius 3 is 1.95 bits per heavy atom. The van der Waals surface area contributed by atoms with Crippen LogP contribution in [0.2, 0.25) is 0 Å². The van der Waals surface area contributed by atoms with Crippen LogP contribution in [-0.2, 0) is 6.54 Å². The zero-order valence-corrected chi connectivity index (χ0v) is 15.3. The van der Waals surface area contributed by atoms with E-state index in [9.17, 15) is 0 Å². The van der Waals surface area contributed by atoms with Crippen LogP contribution in [0.4, 0.5) is 0 Å². The molecule has 4 heteroatoms. The third-order valence-corrected chi connectivity index (χ3v) is 2.84. The predicted octanol–water partition coefficient (Wildman–Crippen LogP) is 5.19. The molecule has 1 rings (SSSR count). The van der Waals surface area contributed by atoms with E-state index in [1.54, 1.807) is 9.97 Å². The molecule has 0 unspecified atom stereocenters. The zero-order valence-electron chi connectivity index (χ0n) is 10.4. The second-order valence-electron chi connectivity index (χ2n) is 3.64. The SMILES string of the molecule is Br.BrC=C=CCN(CC=C=CBr)Cc1ccccc1. The molecule has 0 aliphatic rings. The number of hydrogen-bond acceptors (Lipinski definition) is 1. The quantitative estimate of drug-likeness (QED) is 0.540. The molecule has 0 aromatic heterocycles. The van der Waals surface area contributed by atoms with Gasteiger partial charge in [-0.2, -0.15) is 0 Å². The van der Waals surface area contributed by atoms with E-state index < -0.39 is 0 Å². The van der Waals surface area contributed by atoms with Crippen molar-refractivity contribution in [2.45, 2.75) is 6.54 Å². The van der Waals surface area contributed by atoms with Crippen molar-refractivity contribution in [1.29, 1.82) is 0 Å². The van der Waals surface area contributed by atoms with Crippen LogP contribution in [0.1, 0.15) is 5.56 Å². The highest BCUT2D eigenvalue weighted by atomic mass is 79.9. The molecule has 0 saturated heterocycles. The van der Waals surface area contributed by atoms with Crippen molar-refractivity contribution in [3.8, 4) is 0 Å². The van der Waals surface area contributed by atoms with Crippen molar-refractivity contribution in [3.05, 3.63) is 69.5 Å². The summed E-state index contributed by atoms with van der Waals surface area (Å²) in [5.41, 5.74) is 7.37. The standard InChI is InChI=1S/C15H15Br2N.BrH/c16-10-4-6-12-18(13-7-5-11-17)14-15-8-2-1-3-9-15;/h1-3,6-11H,12-14H2;1H. The van der Waals surface area contributed by atoms with Crippen LogP contribution in [0.5, 0.6) is 0 Å². The van der Waals surface area contributed by atoms with E-state index >= 15 is 0 Å². The van der Waals surface area contributed by atoms with Crippen LogP contribution in [0.3, 0.4) is 0 Å². The minimum Gasteiger partial charge on any atom is -0.291 e. The van der Waals surface area contributed by atoms with Gasteiger partial charge in [-0.05, 0) is 17.7 Å². The van der Waals surface area contributed by atoms with E-state index in [4.69, 9.17) is 0 Å². The first kappa shape index (κ1) is 18.7. The third-order valence-electron chi connectivity index (χ3n) is 2.31. The van der Waals surface area contributed by atoms with Crippen molar-refractivity contribution >= 4 is 48.8 Å². The van der Waals surface area contributed by atoms with Gasteiger partial charge in [0.1, 0.15) is 0 Å². The van der Waals surface area contributed by atoms with E-state index in [0.29, 0.717) is 0 Å². The lowest BCUT2D eigenvalue weighted by atomic mass is 10.2. The molecule has 1 aromatic rings. The summed E-state index contributed by atoms with van der Waals surface area (Å²) in [5, 5.41) is 0. The van der Waals surface area contributed by atoms with Crippen molar-refractivity contribution < 1.29 is 0 Å². The Hall–Kier alpha value is -0.340. The number of hydrogen-bond donors (Lipinski definition) is 0. The maximum Gasteiger partial charge on any atom is 0.0245 e. The Kier molecular flexibility index (Phi) is 12.5. The Morgan fingerprint density at radius 2 is 1.47 bits per heavy atom. The van der Waals surface area contributed by atoms with Crippen molar-refractivity contribution in [1.82, 2.24) is 4.90 Å². The monoisotopic (exact) mass is 447 g/mol. The van der Waals surface area contributed by atoms with E-state index in [-0.39, 0.29) is 17.0 Å². The highest BCUT2D eigenvalue weighted by molar-refractivity contribution is 9.11. The van der Waals surface area contributed by atoms with E-state index in [0.717, 1.165) is 19.6 Å². The van der Waals surface area contributed by atoms with Gasteiger partial charge in [-0.3, -0.25) is 4.90 Å². The van der Waals surface area contributed by atoms with Gasteiger partial charge < -0.3 is 0 Å². The van der Waals surface area contributed by atoms with Crippen molar-refractivity contribution in [2.24, 2.45) is 0 Å². The molecule has 0 spiro atoms. The zero-order chi connectivity index (χ0) is 13.1. The van der Waals surface area contributed by atoms with Gasteiger partial charge in [0, 0.05) is 29.6 Å².